The smallest absolute Gasteiger partial charge is 0.281 e. The highest BCUT2D eigenvalue weighted by molar-refractivity contribution is 6.36. The first-order chi connectivity index (χ1) is 13.3. The van der Waals surface area contributed by atoms with Crippen LogP contribution in [0, 0.1) is 10.1 Å². The monoisotopic (exact) mass is 419 g/mol. The molecule has 1 unspecified atom stereocenters. The topological polar surface area (TPSA) is 102 Å². The van der Waals surface area contributed by atoms with Crippen LogP contribution in [0.15, 0.2) is 47.6 Å². The van der Waals surface area contributed by atoms with Gasteiger partial charge in [-0.15, -0.1) is 0 Å². The van der Waals surface area contributed by atoms with E-state index in [0.717, 1.165) is 4.90 Å². The van der Waals surface area contributed by atoms with Gasteiger partial charge in [0.1, 0.15) is 0 Å². The van der Waals surface area contributed by atoms with Crippen LogP contribution in [0.5, 0.6) is 0 Å². The first-order valence-electron chi connectivity index (χ1n) is 8.12. The third-order valence-corrected chi connectivity index (χ3v) is 5.02. The van der Waals surface area contributed by atoms with Gasteiger partial charge in [-0.1, -0.05) is 28.4 Å². The lowest BCUT2D eigenvalue weighted by molar-refractivity contribution is -0.384. The lowest BCUT2D eigenvalue weighted by Crippen LogP contribution is -2.40. The number of nitrogens with zero attached hydrogens (tertiary/aromatic N) is 3. The predicted molar refractivity (Wildman–Crippen MR) is 102 cm³/mol. The molecule has 2 aliphatic rings. The van der Waals surface area contributed by atoms with Gasteiger partial charge in [0.2, 0.25) is 11.5 Å². The number of hydrogen-bond acceptors (Lipinski definition) is 6. The molecular formula is C18H11Cl2N3O5. The Kier molecular flexibility index (Phi) is 4.32. The van der Waals surface area contributed by atoms with Crippen LogP contribution in [-0.4, -0.2) is 28.1 Å². The lowest BCUT2D eigenvalue weighted by atomic mass is 9.92. The average Bonchev–Trinajstić information content (AvgIpc) is 3.16. The maximum atomic E-state index is 13.0. The summed E-state index contributed by atoms with van der Waals surface area (Å²) in [6, 6.07) is 10.2. The number of amides is 2. The summed E-state index contributed by atoms with van der Waals surface area (Å²) < 4.78 is 0. The fraction of sp³-hybridized carbons (Fsp3) is 0.167. The number of carbonyl (C=O) groups is 2. The summed E-state index contributed by atoms with van der Waals surface area (Å²) in [5.41, 5.74) is -0.233. The molecule has 1 atom stereocenters. The summed E-state index contributed by atoms with van der Waals surface area (Å²) in [6.07, 6.45) is -0.115. The van der Waals surface area contributed by atoms with E-state index in [0.29, 0.717) is 21.3 Å². The molecule has 0 radical (unpaired) electrons. The molecule has 2 heterocycles. The molecule has 1 saturated heterocycles. The van der Waals surface area contributed by atoms with E-state index in [-0.39, 0.29) is 24.2 Å². The SMILES string of the molecule is O=C1CC2(CC(c3ccc([N+](=O)[O-])cc3)=NO2)C(=O)N1c1cc(Cl)cc(Cl)c1. The first kappa shape index (κ1) is 18.4. The molecule has 28 heavy (non-hydrogen) atoms. The van der Waals surface area contributed by atoms with E-state index in [2.05, 4.69) is 5.16 Å². The Morgan fingerprint density at radius 1 is 1.07 bits per heavy atom. The normalized spacial score (nSPS) is 21.2. The molecule has 0 N–H and O–H groups in total. The van der Waals surface area contributed by atoms with E-state index < -0.39 is 22.3 Å². The molecule has 4 rings (SSSR count). The third-order valence-electron chi connectivity index (χ3n) is 4.58. The van der Waals surface area contributed by atoms with Gasteiger partial charge in [-0.05, 0) is 35.9 Å². The number of nitro benzene ring substituents is 1. The highest BCUT2D eigenvalue weighted by atomic mass is 35.5. The van der Waals surface area contributed by atoms with Crippen LogP contribution >= 0.6 is 23.2 Å². The molecule has 0 saturated carbocycles. The van der Waals surface area contributed by atoms with Crippen molar-refractivity contribution in [3.8, 4) is 0 Å². The minimum absolute atomic E-state index is 0.0610. The van der Waals surface area contributed by atoms with Crippen molar-refractivity contribution in [1.29, 1.82) is 0 Å². The number of rotatable bonds is 3. The van der Waals surface area contributed by atoms with Gasteiger partial charge in [-0.25, -0.2) is 4.90 Å². The number of imide groups is 1. The van der Waals surface area contributed by atoms with Crippen molar-refractivity contribution in [2.24, 2.45) is 5.16 Å². The molecule has 0 bridgehead atoms. The molecule has 2 aliphatic heterocycles. The molecule has 0 aromatic heterocycles. The molecule has 1 spiro atoms. The van der Waals surface area contributed by atoms with Gasteiger partial charge < -0.3 is 4.84 Å². The van der Waals surface area contributed by atoms with E-state index in [1.807, 2.05) is 0 Å². The molecule has 0 aliphatic carbocycles. The zero-order valence-electron chi connectivity index (χ0n) is 14.1. The van der Waals surface area contributed by atoms with Crippen LogP contribution in [0.3, 0.4) is 0 Å². The molecule has 2 amide bonds. The molecule has 2 aromatic rings. The first-order valence-corrected chi connectivity index (χ1v) is 8.88. The van der Waals surface area contributed by atoms with Crippen LogP contribution in [0.1, 0.15) is 18.4 Å². The van der Waals surface area contributed by atoms with E-state index in [1.54, 1.807) is 0 Å². The quantitative estimate of drug-likeness (QED) is 0.428. The largest absolute Gasteiger partial charge is 0.378 e. The van der Waals surface area contributed by atoms with Crippen LogP contribution in [-0.2, 0) is 14.4 Å². The lowest BCUT2D eigenvalue weighted by Gasteiger charge is -2.19. The Morgan fingerprint density at radius 2 is 1.71 bits per heavy atom. The van der Waals surface area contributed by atoms with Gasteiger partial charge in [0.05, 0.1) is 22.7 Å². The second-order valence-electron chi connectivity index (χ2n) is 6.44. The van der Waals surface area contributed by atoms with E-state index in [4.69, 9.17) is 28.0 Å². The highest BCUT2D eigenvalue weighted by Gasteiger charge is 2.58. The van der Waals surface area contributed by atoms with Gasteiger partial charge in [-0.3, -0.25) is 19.7 Å². The van der Waals surface area contributed by atoms with Gasteiger partial charge in [0.25, 0.3) is 11.6 Å². The molecule has 142 valence electrons. The second kappa shape index (κ2) is 6.57. The van der Waals surface area contributed by atoms with Gasteiger partial charge in [0, 0.05) is 28.6 Å². The molecule has 8 nitrogen and oxygen atoms in total. The molecular weight excluding hydrogens is 409 g/mol. The number of non-ortho nitro benzene ring substituents is 1. The minimum atomic E-state index is -1.44. The summed E-state index contributed by atoms with van der Waals surface area (Å²) in [6.45, 7) is 0. The third kappa shape index (κ3) is 3.00. The molecule has 2 aromatic carbocycles. The number of carbonyl (C=O) groups excluding carboxylic acids is 2. The van der Waals surface area contributed by atoms with Crippen LogP contribution in [0.25, 0.3) is 0 Å². The van der Waals surface area contributed by atoms with Crippen molar-refractivity contribution in [2.45, 2.75) is 18.4 Å². The van der Waals surface area contributed by atoms with E-state index in [9.17, 15) is 19.7 Å². The summed E-state index contributed by atoms with van der Waals surface area (Å²) in [7, 11) is 0. The standard InChI is InChI=1S/C18H11Cl2N3O5/c19-11-5-12(20)7-14(6-11)22-16(24)9-18(17(22)25)8-15(21-28-18)10-1-3-13(4-2-10)23(26)27/h1-7H,8-9H2. The fourth-order valence-corrected chi connectivity index (χ4v) is 3.78. The second-order valence-corrected chi connectivity index (χ2v) is 7.32. The Morgan fingerprint density at radius 3 is 2.32 bits per heavy atom. The van der Waals surface area contributed by atoms with Crippen LogP contribution < -0.4 is 4.90 Å². The number of benzene rings is 2. The van der Waals surface area contributed by atoms with Crippen molar-refractivity contribution >= 4 is 52.1 Å². The maximum Gasteiger partial charge on any atom is 0.281 e. The predicted octanol–water partition coefficient (Wildman–Crippen LogP) is 3.73. The summed E-state index contributed by atoms with van der Waals surface area (Å²) in [5, 5.41) is 15.3. The van der Waals surface area contributed by atoms with Crippen LogP contribution in [0.2, 0.25) is 10.0 Å². The number of anilines is 1. The zero-order valence-corrected chi connectivity index (χ0v) is 15.6. The van der Waals surface area contributed by atoms with Gasteiger partial charge >= 0.3 is 0 Å². The van der Waals surface area contributed by atoms with Crippen molar-refractivity contribution in [3.05, 3.63) is 68.2 Å². The Hall–Kier alpha value is -2.97. The fourth-order valence-electron chi connectivity index (χ4n) is 3.26. The van der Waals surface area contributed by atoms with Crippen molar-refractivity contribution in [3.63, 3.8) is 0 Å². The number of oxime groups is 1. The Bertz CT molecular complexity index is 1030. The number of halogens is 2. The van der Waals surface area contributed by atoms with Crippen LogP contribution in [0.4, 0.5) is 11.4 Å². The van der Waals surface area contributed by atoms with Crippen molar-refractivity contribution in [1.82, 2.24) is 0 Å². The average molecular weight is 420 g/mol. The van der Waals surface area contributed by atoms with E-state index in [1.165, 1.54) is 42.5 Å². The maximum absolute atomic E-state index is 13.0. The van der Waals surface area contributed by atoms with Crippen molar-refractivity contribution < 1.29 is 19.3 Å². The van der Waals surface area contributed by atoms with Gasteiger partial charge in [0.15, 0.2) is 0 Å². The summed E-state index contributed by atoms with van der Waals surface area (Å²) >= 11 is 12.0. The minimum Gasteiger partial charge on any atom is -0.378 e. The summed E-state index contributed by atoms with van der Waals surface area (Å²) in [5.74, 6) is -1.01. The van der Waals surface area contributed by atoms with E-state index >= 15 is 0 Å². The molecule has 1 fully saturated rings. The zero-order chi connectivity index (χ0) is 20.1. The van der Waals surface area contributed by atoms with Crippen molar-refractivity contribution in [2.75, 3.05) is 4.90 Å². The Balaban J connectivity index is 1.59. The van der Waals surface area contributed by atoms with Gasteiger partial charge in [-0.2, -0.15) is 0 Å². The Labute approximate surface area is 168 Å². The number of hydrogen-bond donors (Lipinski definition) is 0. The number of nitro groups is 1. The highest BCUT2D eigenvalue weighted by Crippen LogP contribution is 2.40. The molecule has 10 heteroatoms. The summed E-state index contributed by atoms with van der Waals surface area (Å²) in [4.78, 5) is 42.2.